The van der Waals surface area contributed by atoms with Crippen molar-refractivity contribution in [1.29, 1.82) is 0 Å². The Balaban J connectivity index is 2.03. The molecule has 2 aromatic rings. The molecule has 2 N–H and O–H groups in total. The third kappa shape index (κ3) is 3.41. The van der Waals surface area contributed by atoms with Crippen LogP contribution >= 0.6 is 11.3 Å². The second-order valence-electron chi connectivity index (χ2n) is 3.76. The average Bonchev–Trinajstić information content (AvgIpc) is 2.86. The first-order chi connectivity index (χ1) is 8.79. The van der Waals surface area contributed by atoms with E-state index in [-0.39, 0.29) is 5.56 Å². The van der Waals surface area contributed by atoms with Crippen molar-refractivity contribution in [3.05, 3.63) is 45.0 Å². The fraction of sp³-hybridized carbons (Fsp3) is 0.333. The molecule has 0 aliphatic rings. The molecule has 0 atom stereocenters. The molecular formula is C12H15N3O2S. The van der Waals surface area contributed by atoms with Crippen LogP contribution in [-0.2, 0) is 6.54 Å². The molecule has 2 heterocycles. The number of nitrogens with zero attached hydrogens (tertiary/aromatic N) is 2. The highest BCUT2D eigenvalue weighted by molar-refractivity contribution is 7.09. The average molecular weight is 265 g/mol. The molecular weight excluding hydrogens is 250 g/mol. The lowest BCUT2D eigenvalue weighted by Crippen LogP contribution is -2.22. The highest BCUT2D eigenvalue weighted by Gasteiger charge is 2.02. The quantitative estimate of drug-likeness (QED) is 0.793. The van der Waals surface area contributed by atoms with E-state index in [0.29, 0.717) is 25.4 Å². The molecule has 18 heavy (non-hydrogen) atoms. The highest BCUT2D eigenvalue weighted by Crippen LogP contribution is 2.09. The van der Waals surface area contributed by atoms with Gasteiger partial charge in [0.05, 0.1) is 19.3 Å². The SMILES string of the molecule is NCCCOc1cnn(Cc2cccs2)c(=O)c1. The summed E-state index contributed by atoms with van der Waals surface area (Å²) in [5.74, 6) is 0.496. The summed E-state index contributed by atoms with van der Waals surface area (Å²) in [7, 11) is 0. The maximum atomic E-state index is 11.8. The van der Waals surface area contributed by atoms with E-state index in [1.807, 2.05) is 17.5 Å². The van der Waals surface area contributed by atoms with Gasteiger partial charge in [-0.1, -0.05) is 6.07 Å². The highest BCUT2D eigenvalue weighted by atomic mass is 32.1. The molecule has 0 radical (unpaired) electrons. The molecule has 0 saturated carbocycles. The molecule has 0 aromatic carbocycles. The van der Waals surface area contributed by atoms with Gasteiger partial charge in [0, 0.05) is 10.9 Å². The summed E-state index contributed by atoms with van der Waals surface area (Å²) in [6, 6.07) is 5.39. The number of thiophene rings is 1. The van der Waals surface area contributed by atoms with Gasteiger partial charge in [-0.05, 0) is 24.4 Å². The van der Waals surface area contributed by atoms with E-state index in [1.54, 1.807) is 17.5 Å². The summed E-state index contributed by atoms with van der Waals surface area (Å²) >= 11 is 1.60. The van der Waals surface area contributed by atoms with Crippen molar-refractivity contribution in [2.24, 2.45) is 5.73 Å². The van der Waals surface area contributed by atoms with E-state index < -0.39 is 0 Å². The summed E-state index contributed by atoms with van der Waals surface area (Å²) in [6.07, 6.45) is 2.32. The van der Waals surface area contributed by atoms with E-state index in [4.69, 9.17) is 10.5 Å². The fourth-order valence-corrected chi connectivity index (χ4v) is 2.12. The Hall–Kier alpha value is -1.66. The standard InChI is InChI=1S/C12H15N3O2S/c13-4-2-5-17-10-7-12(16)15(14-8-10)9-11-3-1-6-18-11/h1,3,6-8H,2,4-5,9,13H2. The summed E-state index contributed by atoms with van der Waals surface area (Å²) in [5.41, 5.74) is 5.20. The summed E-state index contributed by atoms with van der Waals surface area (Å²) < 4.78 is 6.78. The van der Waals surface area contributed by atoms with Gasteiger partial charge in [-0.25, -0.2) is 4.68 Å². The molecule has 0 amide bonds. The van der Waals surface area contributed by atoms with Crippen molar-refractivity contribution in [3.8, 4) is 5.75 Å². The molecule has 0 spiro atoms. The topological polar surface area (TPSA) is 70.1 Å². The zero-order valence-corrected chi connectivity index (χ0v) is 10.7. The van der Waals surface area contributed by atoms with Crippen molar-refractivity contribution in [1.82, 2.24) is 9.78 Å². The lowest BCUT2D eigenvalue weighted by molar-refractivity contribution is 0.309. The van der Waals surface area contributed by atoms with Crippen LogP contribution in [0.1, 0.15) is 11.3 Å². The van der Waals surface area contributed by atoms with Crippen LogP contribution in [0.3, 0.4) is 0 Å². The number of hydrogen-bond acceptors (Lipinski definition) is 5. The van der Waals surface area contributed by atoms with E-state index in [1.165, 1.54) is 10.7 Å². The van der Waals surface area contributed by atoms with Gasteiger partial charge in [0.2, 0.25) is 0 Å². The molecule has 0 aliphatic heterocycles. The molecule has 0 bridgehead atoms. The first-order valence-corrected chi connectivity index (χ1v) is 6.60. The molecule has 2 rings (SSSR count). The fourth-order valence-electron chi connectivity index (χ4n) is 1.44. The molecule has 0 fully saturated rings. The predicted molar refractivity (Wildman–Crippen MR) is 71.1 cm³/mol. The monoisotopic (exact) mass is 265 g/mol. The molecule has 6 heteroatoms. The van der Waals surface area contributed by atoms with Gasteiger partial charge in [0.25, 0.3) is 5.56 Å². The van der Waals surface area contributed by atoms with E-state index in [0.717, 1.165) is 11.3 Å². The van der Waals surface area contributed by atoms with Crippen molar-refractivity contribution in [2.75, 3.05) is 13.2 Å². The van der Waals surface area contributed by atoms with Crippen LogP contribution in [0.2, 0.25) is 0 Å². The van der Waals surface area contributed by atoms with Gasteiger partial charge in [-0.3, -0.25) is 4.79 Å². The van der Waals surface area contributed by atoms with Crippen LogP contribution in [0, 0.1) is 0 Å². The van der Waals surface area contributed by atoms with Gasteiger partial charge in [-0.15, -0.1) is 11.3 Å². The molecule has 2 aromatic heterocycles. The van der Waals surface area contributed by atoms with Crippen molar-refractivity contribution >= 4 is 11.3 Å². The normalized spacial score (nSPS) is 10.5. The maximum absolute atomic E-state index is 11.8. The minimum absolute atomic E-state index is 0.159. The smallest absolute Gasteiger partial charge is 0.270 e. The van der Waals surface area contributed by atoms with Gasteiger partial charge in [-0.2, -0.15) is 5.10 Å². The van der Waals surface area contributed by atoms with Crippen LogP contribution in [0.15, 0.2) is 34.6 Å². The zero-order chi connectivity index (χ0) is 12.8. The Labute approximate surface area is 109 Å². The number of nitrogens with two attached hydrogens (primary N) is 1. The van der Waals surface area contributed by atoms with Crippen molar-refractivity contribution in [2.45, 2.75) is 13.0 Å². The van der Waals surface area contributed by atoms with E-state index in [9.17, 15) is 4.79 Å². The van der Waals surface area contributed by atoms with Crippen LogP contribution < -0.4 is 16.0 Å². The number of aromatic nitrogens is 2. The first kappa shape index (κ1) is 12.8. The molecule has 0 aliphatic carbocycles. The van der Waals surface area contributed by atoms with Crippen LogP contribution in [-0.4, -0.2) is 22.9 Å². The van der Waals surface area contributed by atoms with E-state index >= 15 is 0 Å². The molecule has 96 valence electrons. The minimum atomic E-state index is -0.159. The van der Waals surface area contributed by atoms with Crippen LogP contribution in [0.25, 0.3) is 0 Å². The third-order valence-electron chi connectivity index (χ3n) is 2.35. The number of ether oxygens (including phenoxy) is 1. The summed E-state index contributed by atoms with van der Waals surface area (Å²) in [6.45, 7) is 1.58. The zero-order valence-electron chi connectivity index (χ0n) is 9.91. The molecule has 0 unspecified atom stereocenters. The van der Waals surface area contributed by atoms with Gasteiger partial charge in [0.1, 0.15) is 5.75 Å². The van der Waals surface area contributed by atoms with Gasteiger partial charge in [0.15, 0.2) is 0 Å². The van der Waals surface area contributed by atoms with Gasteiger partial charge >= 0.3 is 0 Å². The Morgan fingerprint density at radius 3 is 3.06 bits per heavy atom. The Bertz CT molecular complexity index is 537. The predicted octanol–water partition coefficient (Wildman–Crippen LogP) is 1.08. The minimum Gasteiger partial charge on any atom is -0.492 e. The van der Waals surface area contributed by atoms with E-state index in [2.05, 4.69) is 5.10 Å². The number of hydrogen-bond donors (Lipinski definition) is 1. The van der Waals surface area contributed by atoms with Crippen molar-refractivity contribution < 1.29 is 4.74 Å². The van der Waals surface area contributed by atoms with Crippen LogP contribution in [0.5, 0.6) is 5.75 Å². The van der Waals surface area contributed by atoms with Gasteiger partial charge < -0.3 is 10.5 Å². The third-order valence-corrected chi connectivity index (χ3v) is 3.21. The molecule has 0 saturated heterocycles. The van der Waals surface area contributed by atoms with Crippen molar-refractivity contribution in [3.63, 3.8) is 0 Å². The molecule has 5 nitrogen and oxygen atoms in total. The lowest BCUT2D eigenvalue weighted by Gasteiger charge is -2.06. The largest absolute Gasteiger partial charge is 0.492 e. The maximum Gasteiger partial charge on any atom is 0.270 e. The summed E-state index contributed by atoms with van der Waals surface area (Å²) in [4.78, 5) is 12.9. The number of rotatable bonds is 6. The lowest BCUT2D eigenvalue weighted by atomic mass is 10.4. The second-order valence-corrected chi connectivity index (χ2v) is 4.79. The first-order valence-electron chi connectivity index (χ1n) is 5.72. The van der Waals surface area contributed by atoms with Crippen LogP contribution in [0.4, 0.5) is 0 Å². The second kappa shape index (κ2) is 6.32. The summed E-state index contributed by atoms with van der Waals surface area (Å²) in [5, 5.41) is 6.06. The Morgan fingerprint density at radius 2 is 2.39 bits per heavy atom. The Kier molecular flexibility index (Phi) is 4.49. The Morgan fingerprint density at radius 1 is 1.50 bits per heavy atom.